The molecule has 1 aliphatic rings. The van der Waals surface area contributed by atoms with E-state index < -0.39 is 6.04 Å². The van der Waals surface area contributed by atoms with E-state index in [0.717, 1.165) is 32.1 Å². The Kier molecular flexibility index (Phi) is 7.94. The number of nitrogens with two attached hydrogens (primary N) is 1. The average molecular weight is 293 g/mol. The third kappa shape index (κ3) is 4.93. The van der Waals surface area contributed by atoms with Crippen LogP contribution in [0.15, 0.2) is 0 Å². The van der Waals surface area contributed by atoms with Crippen LogP contribution in [-0.4, -0.2) is 29.7 Å². The van der Waals surface area contributed by atoms with Gasteiger partial charge in [-0.05, 0) is 18.8 Å². The van der Waals surface area contributed by atoms with Crippen molar-refractivity contribution in [3.05, 3.63) is 0 Å². The number of aliphatic hydroxyl groups is 1. The number of rotatable bonds is 5. The van der Waals surface area contributed by atoms with E-state index >= 15 is 0 Å². The minimum atomic E-state index is -0.445. The Morgan fingerprint density at radius 1 is 1.53 bits per heavy atom. The van der Waals surface area contributed by atoms with Crippen LogP contribution in [0, 0.1) is 11.3 Å². The van der Waals surface area contributed by atoms with Crippen molar-refractivity contribution in [3.8, 4) is 0 Å². The molecule has 0 aliphatic heterocycles. The molecule has 0 saturated heterocycles. The first-order valence-electron chi connectivity index (χ1n) is 7.12. The van der Waals surface area contributed by atoms with Gasteiger partial charge in [0.15, 0.2) is 0 Å². The van der Waals surface area contributed by atoms with Crippen LogP contribution >= 0.6 is 12.4 Å². The average Bonchev–Trinajstić information content (AvgIpc) is 2.38. The van der Waals surface area contributed by atoms with Crippen molar-refractivity contribution in [1.29, 1.82) is 0 Å². The molecule has 0 aromatic heterocycles. The minimum absolute atomic E-state index is 0. The van der Waals surface area contributed by atoms with Gasteiger partial charge in [-0.15, -0.1) is 12.4 Å². The maximum Gasteiger partial charge on any atom is 0.237 e. The van der Waals surface area contributed by atoms with Gasteiger partial charge in [0.25, 0.3) is 0 Å². The molecule has 1 saturated carbocycles. The van der Waals surface area contributed by atoms with Gasteiger partial charge in [-0.3, -0.25) is 4.79 Å². The Morgan fingerprint density at radius 2 is 2.16 bits per heavy atom. The highest BCUT2D eigenvalue weighted by Crippen LogP contribution is 2.35. The molecule has 0 spiro atoms. The highest BCUT2D eigenvalue weighted by Gasteiger charge is 2.36. The highest BCUT2D eigenvalue weighted by molar-refractivity contribution is 5.85. The smallest absolute Gasteiger partial charge is 0.237 e. The topological polar surface area (TPSA) is 75.4 Å². The second-order valence-corrected chi connectivity index (χ2v) is 6.04. The molecule has 0 bridgehead atoms. The number of nitrogens with one attached hydrogen (secondary N) is 1. The van der Waals surface area contributed by atoms with Crippen LogP contribution in [-0.2, 0) is 4.79 Å². The van der Waals surface area contributed by atoms with E-state index in [1.807, 2.05) is 20.8 Å². The van der Waals surface area contributed by atoms with E-state index in [1.54, 1.807) is 0 Å². The molecule has 0 aromatic rings. The molecule has 5 heteroatoms. The largest absolute Gasteiger partial charge is 0.392 e. The Morgan fingerprint density at radius 3 is 2.68 bits per heavy atom. The molecular weight excluding hydrogens is 264 g/mol. The first-order chi connectivity index (χ1) is 8.40. The number of amides is 1. The molecule has 19 heavy (non-hydrogen) atoms. The molecule has 1 fully saturated rings. The molecular formula is C14H29ClN2O2. The van der Waals surface area contributed by atoms with Crippen molar-refractivity contribution in [1.82, 2.24) is 5.32 Å². The van der Waals surface area contributed by atoms with E-state index in [-0.39, 0.29) is 35.8 Å². The summed E-state index contributed by atoms with van der Waals surface area (Å²) in [7, 11) is 0. The van der Waals surface area contributed by atoms with E-state index in [0.29, 0.717) is 6.54 Å². The molecule has 0 aromatic carbocycles. The van der Waals surface area contributed by atoms with E-state index in [4.69, 9.17) is 5.73 Å². The first-order valence-corrected chi connectivity index (χ1v) is 7.12. The number of hydrogen-bond donors (Lipinski definition) is 3. The van der Waals surface area contributed by atoms with Crippen LogP contribution < -0.4 is 11.1 Å². The van der Waals surface area contributed by atoms with Crippen LogP contribution in [0.1, 0.15) is 52.9 Å². The fraction of sp³-hybridized carbons (Fsp3) is 0.929. The molecule has 4 unspecified atom stereocenters. The predicted octanol–water partition coefficient (Wildman–Crippen LogP) is 1.84. The summed E-state index contributed by atoms with van der Waals surface area (Å²) in [5, 5.41) is 13.0. The van der Waals surface area contributed by atoms with Crippen molar-refractivity contribution >= 4 is 18.3 Å². The van der Waals surface area contributed by atoms with E-state index in [1.165, 1.54) is 0 Å². The summed E-state index contributed by atoms with van der Waals surface area (Å²) in [5.74, 6) is 0.0948. The summed E-state index contributed by atoms with van der Waals surface area (Å²) in [6, 6.07) is -0.445. The Bertz CT molecular complexity index is 289. The maximum atomic E-state index is 11.9. The lowest BCUT2D eigenvalue weighted by Crippen LogP contribution is -2.50. The zero-order valence-corrected chi connectivity index (χ0v) is 13.1. The van der Waals surface area contributed by atoms with Crippen molar-refractivity contribution in [3.63, 3.8) is 0 Å². The molecule has 4 N–H and O–H groups in total. The van der Waals surface area contributed by atoms with Crippen LogP contribution in [0.3, 0.4) is 0 Å². The van der Waals surface area contributed by atoms with Crippen molar-refractivity contribution < 1.29 is 9.90 Å². The van der Waals surface area contributed by atoms with Crippen LogP contribution in [0.25, 0.3) is 0 Å². The van der Waals surface area contributed by atoms with Gasteiger partial charge in [-0.25, -0.2) is 0 Å². The van der Waals surface area contributed by atoms with Crippen molar-refractivity contribution in [2.75, 3.05) is 6.54 Å². The fourth-order valence-corrected chi connectivity index (χ4v) is 2.51. The predicted molar refractivity (Wildman–Crippen MR) is 80.3 cm³/mol. The molecule has 1 rings (SSSR count). The SMILES string of the molecule is CCC(C)C(N)C(=O)NCC1(C)CCCCC1O.Cl. The van der Waals surface area contributed by atoms with Gasteiger partial charge < -0.3 is 16.2 Å². The number of carbonyl (C=O) groups is 1. The molecule has 4 nitrogen and oxygen atoms in total. The second-order valence-electron chi connectivity index (χ2n) is 6.04. The Hall–Kier alpha value is -0.320. The summed E-state index contributed by atoms with van der Waals surface area (Å²) in [4.78, 5) is 11.9. The quantitative estimate of drug-likeness (QED) is 0.724. The third-order valence-electron chi connectivity index (χ3n) is 4.51. The Balaban J connectivity index is 0.00000324. The summed E-state index contributed by atoms with van der Waals surface area (Å²) in [5.41, 5.74) is 5.70. The van der Waals surface area contributed by atoms with Gasteiger partial charge in [-0.2, -0.15) is 0 Å². The molecule has 1 aliphatic carbocycles. The summed E-state index contributed by atoms with van der Waals surface area (Å²) >= 11 is 0. The van der Waals surface area contributed by atoms with Crippen LogP contribution in [0.4, 0.5) is 0 Å². The van der Waals surface area contributed by atoms with Crippen molar-refractivity contribution in [2.45, 2.75) is 65.0 Å². The highest BCUT2D eigenvalue weighted by atomic mass is 35.5. The number of aliphatic hydroxyl groups excluding tert-OH is 1. The lowest BCUT2D eigenvalue weighted by molar-refractivity contribution is -0.124. The monoisotopic (exact) mass is 292 g/mol. The van der Waals surface area contributed by atoms with Gasteiger partial charge in [0.1, 0.15) is 0 Å². The van der Waals surface area contributed by atoms with Gasteiger partial charge >= 0.3 is 0 Å². The van der Waals surface area contributed by atoms with E-state index in [9.17, 15) is 9.90 Å². The zero-order valence-electron chi connectivity index (χ0n) is 12.3. The summed E-state index contributed by atoms with van der Waals surface area (Å²) in [6.45, 7) is 6.59. The first kappa shape index (κ1) is 18.7. The molecule has 4 atom stereocenters. The van der Waals surface area contributed by atoms with Gasteiger partial charge in [0.2, 0.25) is 5.91 Å². The van der Waals surface area contributed by atoms with Gasteiger partial charge in [-0.1, -0.05) is 40.0 Å². The van der Waals surface area contributed by atoms with Crippen LogP contribution in [0.2, 0.25) is 0 Å². The maximum absolute atomic E-state index is 11.9. The second kappa shape index (κ2) is 8.08. The number of carbonyl (C=O) groups excluding carboxylic acids is 1. The molecule has 1 amide bonds. The molecule has 114 valence electrons. The third-order valence-corrected chi connectivity index (χ3v) is 4.51. The van der Waals surface area contributed by atoms with E-state index in [2.05, 4.69) is 5.32 Å². The summed E-state index contributed by atoms with van der Waals surface area (Å²) < 4.78 is 0. The molecule has 0 heterocycles. The standard InChI is InChI=1S/C14H28N2O2.ClH/c1-4-10(2)12(15)13(18)16-9-14(3)8-6-5-7-11(14)17;/h10-12,17H,4-9,15H2,1-3H3,(H,16,18);1H. The minimum Gasteiger partial charge on any atom is -0.392 e. The summed E-state index contributed by atoms with van der Waals surface area (Å²) in [6.07, 6.45) is 4.59. The van der Waals surface area contributed by atoms with Crippen molar-refractivity contribution in [2.24, 2.45) is 17.1 Å². The van der Waals surface area contributed by atoms with Crippen LogP contribution in [0.5, 0.6) is 0 Å². The van der Waals surface area contributed by atoms with Gasteiger partial charge in [0.05, 0.1) is 12.1 Å². The lowest BCUT2D eigenvalue weighted by atomic mass is 9.73. The van der Waals surface area contributed by atoms with Gasteiger partial charge in [0, 0.05) is 12.0 Å². The zero-order chi connectivity index (χ0) is 13.8. The number of halogens is 1. The Labute approximate surface area is 122 Å². The molecule has 0 radical (unpaired) electrons. The fourth-order valence-electron chi connectivity index (χ4n) is 2.51. The number of hydrogen-bond acceptors (Lipinski definition) is 3. The normalized spacial score (nSPS) is 30.1. The lowest BCUT2D eigenvalue weighted by Gasteiger charge is -2.38.